The summed E-state index contributed by atoms with van der Waals surface area (Å²) in [7, 11) is 0. The predicted octanol–water partition coefficient (Wildman–Crippen LogP) is 0.759. The lowest BCUT2D eigenvalue weighted by Gasteiger charge is -2.28. The number of benzene rings is 1. The van der Waals surface area contributed by atoms with Gasteiger partial charge in [0, 0.05) is 23.6 Å². The van der Waals surface area contributed by atoms with E-state index < -0.39 is 47.9 Å². The molecular formula is C24H33N5O5. The number of nitrogens with zero attached hydrogens (tertiary/aromatic N) is 1. The second-order valence-electron chi connectivity index (χ2n) is 9.16. The van der Waals surface area contributed by atoms with E-state index in [2.05, 4.69) is 15.6 Å². The van der Waals surface area contributed by atoms with Crippen molar-refractivity contribution in [2.45, 2.75) is 64.2 Å². The highest BCUT2D eigenvalue weighted by molar-refractivity contribution is 5.94. The summed E-state index contributed by atoms with van der Waals surface area (Å²) in [6.45, 7) is 5.41. The van der Waals surface area contributed by atoms with Gasteiger partial charge in [-0.3, -0.25) is 14.4 Å². The van der Waals surface area contributed by atoms with Crippen molar-refractivity contribution in [3.63, 3.8) is 0 Å². The largest absolute Gasteiger partial charge is 0.480 e. The molecule has 4 unspecified atom stereocenters. The molecule has 1 aromatic carbocycles. The number of carbonyl (C=O) groups excluding carboxylic acids is 3. The number of carboxylic acid groups (broad SMARTS) is 1. The van der Waals surface area contributed by atoms with Crippen molar-refractivity contribution in [3.8, 4) is 0 Å². The molecule has 10 nitrogen and oxygen atoms in total. The van der Waals surface area contributed by atoms with Crippen molar-refractivity contribution in [3.05, 3.63) is 36.0 Å². The minimum Gasteiger partial charge on any atom is -0.480 e. The predicted molar refractivity (Wildman–Crippen MR) is 127 cm³/mol. The maximum absolute atomic E-state index is 12.9. The third kappa shape index (κ3) is 5.56. The highest BCUT2D eigenvalue weighted by Gasteiger charge is 2.37. The number of carbonyl (C=O) groups is 4. The summed E-state index contributed by atoms with van der Waals surface area (Å²) in [5, 5.41) is 15.6. The average Bonchev–Trinajstić information content (AvgIpc) is 3.44. The van der Waals surface area contributed by atoms with Crippen molar-refractivity contribution in [2.24, 2.45) is 11.7 Å². The Balaban J connectivity index is 1.61. The first-order chi connectivity index (χ1) is 16.1. The third-order valence-electron chi connectivity index (χ3n) is 6.25. The number of amides is 3. The molecule has 1 aliphatic rings. The van der Waals surface area contributed by atoms with Gasteiger partial charge in [0.2, 0.25) is 17.7 Å². The van der Waals surface area contributed by atoms with Crippen molar-refractivity contribution in [2.75, 3.05) is 6.54 Å². The molecule has 34 heavy (non-hydrogen) atoms. The molecule has 2 heterocycles. The first-order valence-electron chi connectivity index (χ1n) is 11.5. The number of hydrogen-bond donors (Lipinski definition) is 5. The summed E-state index contributed by atoms with van der Waals surface area (Å²) in [5.74, 6) is -2.76. The van der Waals surface area contributed by atoms with Gasteiger partial charge < -0.3 is 31.4 Å². The third-order valence-corrected chi connectivity index (χ3v) is 6.25. The van der Waals surface area contributed by atoms with Gasteiger partial charge in [0.15, 0.2) is 0 Å². The van der Waals surface area contributed by atoms with Crippen molar-refractivity contribution in [1.82, 2.24) is 20.5 Å². The van der Waals surface area contributed by atoms with E-state index in [-0.39, 0.29) is 5.92 Å². The number of likely N-dealkylation sites (tertiary alicyclic amines) is 1. The summed E-state index contributed by atoms with van der Waals surface area (Å²) >= 11 is 0. The molecule has 1 fully saturated rings. The van der Waals surface area contributed by atoms with E-state index in [1.807, 2.05) is 30.5 Å². The van der Waals surface area contributed by atoms with Gasteiger partial charge in [-0.2, -0.15) is 0 Å². The van der Waals surface area contributed by atoms with Crippen molar-refractivity contribution >= 4 is 34.6 Å². The number of para-hydroxylation sites is 1. The van der Waals surface area contributed by atoms with Gasteiger partial charge >= 0.3 is 5.97 Å². The first kappa shape index (κ1) is 25.2. The maximum Gasteiger partial charge on any atom is 0.326 e. The number of nitrogens with one attached hydrogen (secondary N) is 3. The number of H-pyrrole nitrogens is 1. The quantitative estimate of drug-likeness (QED) is 0.363. The maximum atomic E-state index is 12.9. The molecule has 0 spiro atoms. The molecule has 0 aliphatic carbocycles. The number of rotatable bonds is 9. The van der Waals surface area contributed by atoms with Crippen LogP contribution in [0.4, 0.5) is 0 Å². The van der Waals surface area contributed by atoms with Crippen LogP contribution in [0.15, 0.2) is 30.5 Å². The summed E-state index contributed by atoms with van der Waals surface area (Å²) in [4.78, 5) is 54.3. The van der Waals surface area contributed by atoms with Crippen LogP contribution in [0.5, 0.6) is 0 Å². The van der Waals surface area contributed by atoms with E-state index in [9.17, 15) is 24.3 Å². The second kappa shape index (κ2) is 10.7. The Kier molecular flexibility index (Phi) is 7.93. The zero-order valence-electron chi connectivity index (χ0n) is 19.7. The molecule has 0 bridgehead atoms. The van der Waals surface area contributed by atoms with Gasteiger partial charge in [0.25, 0.3) is 0 Å². The Labute approximate surface area is 198 Å². The Bertz CT molecular complexity index is 1060. The lowest BCUT2D eigenvalue weighted by molar-refractivity contribution is -0.149. The number of nitrogens with two attached hydrogens (primary N) is 1. The fraction of sp³-hybridized carbons (Fsp3) is 0.500. The summed E-state index contributed by atoms with van der Waals surface area (Å²) in [6.07, 6.45) is 3.10. The van der Waals surface area contributed by atoms with Crippen LogP contribution in [0.3, 0.4) is 0 Å². The van der Waals surface area contributed by atoms with E-state index in [1.54, 1.807) is 13.8 Å². The Hall–Kier alpha value is -3.40. The van der Waals surface area contributed by atoms with Crippen LogP contribution in [-0.2, 0) is 25.6 Å². The fourth-order valence-electron chi connectivity index (χ4n) is 4.33. The molecule has 6 N–H and O–H groups in total. The summed E-state index contributed by atoms with van der Waals surface area (Å²) in [5.41, 5.74) is 8.00. The molecular weight excluding hydrogens is 438 g/mol. The number of carboxylic acids is 1. The molecule has 0 radical (unpaired) electrons. The topological polar surface area (TPSA) is 158 Å². The first-order valence-corrected chi connectivity index (χ1v) is 11.5. The van der Waals surface area contributed by atoms with E-state index in [0.29, 0.717) is 25.8 Å². The summed E-state index contributed by atoms with van der Waals surface area (Å²) in [6, 6.07) is 4.14. The van der Waals surface area contributed by atoms with E-state index in [1.165, 1.54) is 11.8 Å². The zero-order valence-corrected chi connectivity index (χ0v) is 19.7. The lowest BCUT2D eigenvalue weighted by atomic mass is 10.0. The molecule has 1 aromatic heterocycles. The Morgan fingerprint density at radius 3 is 2.53 bits per heavy atom. The van der Waals surface area contributed by atoms with E-state index >= 15 is 0 Å². The smallest absolute Gasteiger partial charge is 0.326 e. The van der Waals surface area contributed by atoms with Crippen LogP contribution in [0, 0.1) is 5.92 Å². The zero-order chi connectivity index (χ0) is 25.0. The molecule has 10 heteroatoms. The monoisotopic (exact) mass is 471 g/mol. The molecule has 0 saturated carbocycles. The van der Waals surface area contributed by atoms with Gasteiger partial charge in [0.05, 0.1) is 6.04 Å². The molecule has 4 atom stereocenters. The second-order valence-corrected chi connectivity index (χ2v) is 9.16. The number of aromatic nitrogens is 1. The average molecular weight is 472 g/mol. The lowest BCUT2D eigenvalue weighted by Crippen LogP contribution is -2.57. The molecule has 2 aromatic rings. The molecule has 1 aliphatic heterocycles. The molecule has 1 saturated heterocycles. The van der Waals surface area contributed by atoms with Crippen molar-refractivity contribution in [1.29, 1.82) is 0 Å². The van der Waals surface area contributed by atoms with Crippen LogP contribution in [0.25, 0.3) is 10.9 Å². The van der Waals surface area contributed by atoms with Crippen LogP contribution < -0.4 is 16.4 Å². The van der Waals surface area contributed by atoms with Gasteiger partial charge in [-0.05, 0) is 43.7 Å². The van der Waals surface area contributed by atoms with Crippen LogP contribution in [-0.4, -0.2) is 69.4 Å². The van der Waals surface area contributed by atoms with Gasteiger partial charge in [-0.15, -0.1) is 0 Å². The summed E-state index contributed by atoms with van der Waals surface area (Å²) < 4.78 is 0. The number of hydrogen-bond acceptors (Lipinski definition) is 5. The molecule has 3 amide bonds. The number of aromatic amines is 1. The SMILES string of the molecule is CC(NC(=O)C(NC(=O)C(N)Cc1c[nH]c2ccccc12)C(C)C)C(=O)N1CCCC1C(=O)O. The van der Waals surface area contributed by atoms with Crippen LogP contribution in [0.2, 0.25) is 0 Å². The minimum absolute atomic E-state index is 0.259. The molecule has 3 rings (SSSR count). The van der Waals surface area contributed by atoms with E-state index in [4.69, 9.17) is 5.73 Å². The minimum atomic E-state index is -1.05. The van der Waals surface area contributed by atoms with Crippen molar-refractivity contribution < 1.29 is 24.3 Å². The standard InChI is InChI=1S/C24H33N5O5/c1-13(2)20(22(31)27-14(3)23(32)29-10-6-9-19(29)24(33)34)28-21(30)17(25)11-15-12-26-18-8-5-4-7-16(15)18/h4-5,7-8,12-14,17,19-20,26H,6,9-11,25H2,1-3H3,(H,27,31)(H,28,30)(H,33,34). The normalized spacial score (nSPS) is 18.5. The van der Waals surface area contributed by atoms with Gasteiger partial charge in [0.1, 0.15) is 18.1 Å². The Morgan fingerprint density at radius 1 is 1.15 bits per heavy atom. The highest BCUT2D eigenvalue weighted by Crippen LogP contribution is 2.20. The van der Waals surface area contributed by atoms with Gasteiger partial charge in [-0.1, -0.05) is 32.0 Å². The van der Waals surface area contributed by atoms with E-state index in [0.717, 1.165) is 16.5 Å². The fourth-order valence-corrected chi connectivity index (χ4v) is 4.33. The van der Waals surface area contributed by atoms with Gasteiger partial charge in [-0.25, -0.2) is 4.79 Å². The highest BCUT2D eigenvalue weighted by atomic mass is 16.4. The number of fused-ring (bicyclic) bond motifs is 1. The number of aliphatic carboxylic acids is 1. The van der Waals surface area contributed by atoms with Crippen LogP contribution in [0.1, 0.15) is 39.2 Å². The molecule has 184 valence electrons. The Morgan fingerprint density at radius 2 is 1.85 bits per heavy atom. The van der Waals surface area contributed by atoms with Crippen LogP contribution >= 0.6 is 0 Å².